The maximum absolute atomic E-state index is 10.4. The maximum atomic E-state index is 10.4. The van der Waals surface area contributed by atoms with Crippen LogP contribution in [0.3, 0.4) is 0 Å². The number of hydrogen-bond donors (Lipinski definition) is 1. The summed E-state index contributed by atoms with van der Waals surface area (Å²) < 4.78 is 0.916. The second-order valence-electron chi connectivity index (χ2n) is 3.10. The Morgan fingerprint density at radius 3 is 2.81 bits per heavy atom. The number of rotatable bonds is 2. The van der Waals surface area contributed by atoms with Crippen molar-refractivity contribution in [3.05, 3.63) is 39.2 Å². The minimum atomic E-state index is -1.02. The van der Waals surface area contributed by atoms with Crippen LogP contribution in [0.15, 0.2) is 23.6 Å². The van der Waals surface area contributed by atoms with E-state index < -0.39 is 5.97 Å². The molecule has 0 aliphatic rings. The fourth-order valence-electron chi connectivity index (χ4n) is 1.35. The molecule has 82 valence electrons. The van der Waals surface area contributed by atoms with Crippen molar-refractivity contribution in [3.8, 4) is 0 Å². The second kappa shape index (κ2) is 4.45. The Morgan fingerprint density at radius 1 is 1.38 bits per heavy atom. The summed E-state index contributed by atoms with van der Waals surface area (Å²) in [6, 6.07) is 3.74. The first-order valence-electron chi connectivity index (χ1n) is 4.36. The Hall–Kier alpha value is -1.03. The van der Waals surface area contributed by atoms with E-state index in [1.807, 2.05) is 17.5 Å². The lowest BCUT2D eigenvalue weighted by Gasteiger charge is -2.02. The molecule has 0 radical (unpaired) electrons. The van der Waals surface area contributed by atoms with Gasteiger partial charge < -0.3 is 5.11 Å². The molecule has 0 saturated carbocycles. The lowest BCUT2D eigenvalue weighted by atomic mass is 10.1. The van der Waals surface area contributed by atoms with Crippen LogP contribution in [0, 0.1) is 0 Å². The van der Waals surface area contributed by atoms with E-state index in [9.17, 15) is 4.79 Å². The van der Waals surface area contributed by atoms with E-state index in [1.165, 1.54) is 17.4 Å². The van der Waals surface area contributed by atoms with Gasteiger partial charge in [0.25, 0.3) is 0 Å². The van der Waals surface area contributed by atoms with Gasteiger partial charge in [0.05, 0.1) is 14.7 Å². The lowest BCUT2D eigenvalue weighted by Crippen LogP contribution is -1.86. The summed E-state index contributed by atoms with van der Waals surface area (Å²) in [5.74, 6) is -1.02. The van der Waals surface area contributed by atoms with Gasteiger partial charge in [-0.3, -0.25) is 0 Å². The van der Waals surface area contributed by atoms with Crippen molar-refractivity contribution in [1.29, 1.82) is 0 Å². The number of thiophene rings is 1. The summed E-state index contributed by atoms with van der Waals surface area (Å²) in [6.45, 7) is 0. The van der Waals surface area contributed by atoms with E-state index in [1.54, 1.807) is 0 Å². The van der Waals surface area contributed by atoms with Crippen molar-refractivity contribution in [2.75, 3.05) is 0 Å². The third-order valence-electron chi connectivity index (χ3n) is 2.06. The van der Waals surface area contributed by atoms with E-state index in [-0.39, 0.29) is 0 Å². The summed E-state index contributed by atoms with van der Waals surface area (Å²) in [7, 11) is 0. The molecule has 0 aliphatic heterocycles. The van der Waals surface area contributed by atoms with Crippen LogP contribution in [-0.2, 0) is 4.79 Å². The molecule has 2 nitrogen and oxygen atoms in total. The van der Waals surface area contributed by atoms with Crippen LogP contribution in [0.25, 0.3) is 16.2 Å². The van der Waals surface area contributed by atoms with E-state index >= 15 is 0 Å². The molecule has 0 bridgehead atoms. The Labute approximate surface area is 106 Å². The number of benzene rings is 1. The SMILES string of the molecule is O=C(O)/C=C/c1cc2ccsc2c(Cl)c1Cl. The van der Waals surface area contributed by atoms with Gasteiger partial charge in [0.15, 0.2) is 0 Å². The molecule has 0 saturated heterocycles. The molecule has 2 rings (SSSR count). The molecule has 0 aliphatic carbocycles. The zero-order valence-electron chi connectivity index (χ0n) is 7.91. The van der Waals surface area contributed by atoms with Crippen LogP contribution in [0.2, 0.25) is 10.0 Å². The van der Waals surface area contributed by atoms with Crippen LogP contribution in [-0.4, -0.2) is 11.1 Å². The highest BCUT2D eigenvalue weighted by Gasteiger charge is 2.09. The van der Waals surface area contributed by atoms with Crippen LogP contribution >= 0.6 is 34.5 Å². The highest BCUT2D eigenvalue weighted by Crippen LogP contribution is 2.37. The molecular weight excluding hydrogens is 267 g/mol. The number of carboxylic acid groups (broad SMARTS) is 1. The minimum Gasteiger partial charge on any atom is -0.478 e. The molecular formula is C11H6Cl2O2S. The Morgan fingerprint density at radius 2 is 2.12 bits per heavy atom. The van der Waals surface area contributed by atoms with E-state index in [0.29, 0.717) is 15.6 Å². The first-order valence-corrected chi connectivity index (χ1v) is 5.99. The highest BCUT2D eigenvalue weighted by molar-refractivity contribution is 7.18. The molecule has 1 N–H and O–H groups in total. The third-order valence-corrected chi connectivity index (χ3v) is 4.00. The molecule has 0 atom stereocenters. The van der Waals surface area contributed by atoms with E-state index in [2.05, 4.69) is 0 Å². The average molecular weight is 273 g/mol. The molecule has 16 heavy (non-hydrogen) atoms. The Kier molecular flexibility index (Phi) is 3.19. The topological polar surface area (TPSA) is 37.3 Å². The fourth-order valence-corrected chi connectivity index (χ4v) is 2.79. The number of aliphatic carboxylic acids is 1. The number of halogens is 2. The standard InChI is InChI=1S/C11H6Cl2O2S/c12-9-6(1-2-8(14)15)5-7-3-4-16-11(7)10(9)13/h1-5H,(H,14,15)/b2-1+. The molecule has 1 heterocycles. The monoisotopic (exact) mass is 272 g/mol. The van der Waals surface area contributed by atoms with Crippen LogP contribution < -0.4 is 0 Å². The number of carbonyl (C=O) groups is 1. The second-order valence-corrected chi connectivity index (χ2v) is 4.78. The van der Waals surface area contributed by atoms with Crippen molar-refractivity contribution < 1.29 is 9.90 Å². The van der Waals surface area contributed by atoms with Crippen LogP contribution in [0.5, 0.6) is 0 Å². The molecule has 1 aromatic carbocycles. The highest BCUT2D eigenvalue weighted by atomic mass is 35.5. The quantitative estimate of drug-likeness (QED) is 0.828. The number of fused-ring (bicyclic) bond motifs is 1. The Bertz CT molecular complexity index is 587. The smallest absolute Gasteiger partial charge is 0.328 e. The summed E-state index contributed by atoms with van der Waals surface area (Å²) in [6.07, 6.45) is 2.48. The van der Waals surface area contributed by atoms with Gasteiger partial charge in [-0.25, -0.2) is 4.79 Å². The molecule has 0 fully saturated rings. The summed E-state index contributed by atoms with van der Waals surface area (Å²) in [5.41, 5.74) is 0.611. The van der Waals surface area contributed by atoms with Crippen LogP contribution in [0.4, 0.5) is 0 Å². The van der Waals surface area contributed by atoms with Gasteiger partial charge in [0.2, 0.25) is 0 Å². The average Bonchev–Trinajstić information content (AvgIpc) is 2.69. The van der Waals surface area contributed by atoms with Gasteiger partial charge in [0, 0.05) is 6.08 Å². The van der Waals surface area contributed by atoms with Crippen molar-refractivity contribution >= 4 is 56.7 Å². The number of carboxylic acids is 1. The molecule has 1 aromatic heterocycles. The first-order chi connectivity index (χ1) is 7.59. The summed E-state index contributed by atoms with van der Waals surface area (Å²) >= 11 is 13.6. The van der Waals surface area contributed by atoms with Gasteiger partial charge in [-0.15, -0.1) is 11.3 Å². The lowest BCUT2D eigenvalue weighted by molar-refractivity contribution is -0.131. The van der Waals surface area contributed by atoms with Crippen molar-refractivity contribution in [2.24, 2.45) is 0 Å². The first kappa shape index (κ1) is 11.5. The molecule has 5 heteroatoms. The van der Waals surface area contributed by atoms with Crippen molar-refractivity contribution in [1.82, 2.24) is 0 Å². The summed E-state index contributed by atoms with van der Waals surface area (Å²) in [5, 5.41) is 12.3. The predicted octanol–water partition coefficient (Wildman–Crippen LogP) is 4.31. The van der Waals surface area contributed by atoms with Crippen LogP contribution in [0.1, 0.15) is 5.56 Å². The maximum Gasteiger partial charge on any atom is 0.328 e. The van der Waals surface area contributed by atoms with Gasteiger partial charge in [-0.2, -0.15) is 0 Å². The molecule has 0 amide bonds. The van der Waals surface area contributed by atoms with Gasteiger partial charge >= 0.3 is 5.97 Å². The summed E-state index contributed by atoms with van der Waals surface area (Å²) in [4.78, 5) is 10.4. The van der Waals surface area contributed by atoms with Crippen molar-refractivity contribution in [2.45, 2.75) is 0 Å². The fraction of sp³-hybridized carbons (Fsp3) is 0. The molecule has 0 spiro atoms. The van der Waals surface area contributed by atoms with E-state index in [0.717, 1.165) is 16.2 Å². The number of hydrogen-bond acceptors (Lipinski definition) is 2. The zero-order valence-corrected chi connectivity index (χ0v) is 10.2. The normalized spacial score (nSPS) is 11.4. The Balaban J connectivity index is 2.61. The van der Waals surface area contributed by atoms with Crippen molar-refractivity contribution in [3.63, 3.8) is 0 Å². The van der Waals surface area contributed by atoms with Gasteiger partial charge in [0.1, 0.15) is 0 Å². The largest absolute Gasteiger partial charge is 0.478 e. The van der Waals surface area contributed by atoms with E-state index in [4.69, 9.17) is 28.3 Å². The molecule has 0 unspecified atom stereocenters. The molecule has 2 aromatic rings. The van der Waals surface area contributed by atoms with Gasteiger partial charge in [-0.05, 0) is 34.5 Å². The minimum absolute atomic E-state index is 0.383. The third kappa shape index (κ3) is 2.07. The zero-order chi connectivity index (χ0) is 11.7. The predicted molar refractivity (Wildman–Crippen MR) is 68.5 cm³/mol. The van der Waals surface area contributed by atoms with Gasteiger partial charge in [-0.1, -0.05) is 23.2 Å².